The minimum atomic E-state index is -4.08. The van der Waals surface area contributed by atoms with Gasteiger partial charge in [0.25, 0.3) is 5.91 Å². The molecule has 110 valence electrons. The largest absolute Gasteiger partial charge is 0.378 e. The highest BCUT2D eigenvalue weighted by molar-refractivity contribution is 9.10. The summed E-state index contributed by atoms with van der Waals surface area (Å²) < 4.78 is 30.1. The van der Waals surface area contributed by atoms with Crippen LogP contribution in [-0.4, -0.2) is 14.3 Å². The number of primary amides is 1. The van der Waals surface area contributed by atoms with Gasteiger partial charge >= 0.3 is 10.1 Å². The molecule has 0 fully saturated rings. The monoisotopic (exact) mass is 369 g/mol. The highest BCUT2D eigenvalue weighted by Gasteiger charge is 2.22. The van der Waals surface area contributed by atoms with Crippen molar-refractivity contribution >= 4 is 32.0 Å². The maximum absolute atomic E-state index is 12.3. The summed E-state index contributed by atoms with van der Waals surface area (Å²) in [6, 6.07) is 10.8. The summed E-state index contributed by atoms with van der Waals surface area (Å²) in [5.41, 5.74) is 5.97. The molecule has 0 heterocycles. The first kappa shape index (κ1) is 15.5. The van der Waals surface area contributed by atoms with Crippen LogP contribution in [0.3, 0.4) is 0 Å². The molecule has 2 aromatic rings. The van der Waals surface area contributed by atoms with Crippen LogP contribution < -0.4 is 9.92 Å². The Labute approximate surface area is 131 Å². The van der Waals surface area contributed by atoms with E-state index in [1.165, 1.54) is 18.2 Å². The normalized spacial score (nSPS) is 11.1. The number of halogens is 1. The summed E-state index contributed by atoms with van der Waals surface area (Å²) in [5, 5.41) is 0. The summed E-state index contributed by atoms with van der Waals surface area (Å²) in [7, 11) is -4.08. The van der Waals surface area contributed by atoms with E-state index in [1.807, 2.05) is 0 Å². The molecule has 0 unspecified atom stereocenters. The Morgan fingerprint density at radius 2 is 1.86 bits per heavy atom. The number of para-hydroxylation sites is 1. The molecule has 5 nitrogen and oxygen atoms in total. The van der Waals surface area contributed by atoms with Gasteiger partial charge < -0.3 is 9.92 Å². The number of amides is 1. The van der Waals surface area contributed by atoms with E-state index in [9.17, 15) is 13.2 Å². The van der Waals surface area contributed by atoms with Crippen molar-refractivity contribution in [3.63, 3.8) is 0 Å². The fourth-order valence-electron chi connectivity index (χ4n) is 1.71. The van der Waals surface area contributed by atoms with E-state index in [0.717, 1.165) is 5.56 Å². The Kier molecular flexibility index (Phi) is 4.34. The third kappa shape index (κ3) is 3.43. The van der Waals surface area contributed by atoms with Gasteiger partial charge in [0, 0.05) is 4.47 Å². The molecule has 0 aromatic heterocycles. The minimum absolute atomic E-state index is 0.00449. The lowest BCUT2D eigenvalue weighted by molar-refractivity contribution is 0.0999. The highest BCUT2D eigenvalue weighted by atomic mass is 79.9. The summed E-state index contributed by atoms with van der Waals surface area (Å²) in [4.78, 5) is 11.3. The second-order valence-electron chi connectivity index (χ2n) is 4.33. The van der Waals surface area contributed by atoms with Gasteiger partial charge in [0.05, 0.1) is 5.56 Å². The van der Waals surface area contributed by atoms with Crippen LogP contribution >= 0.6 is 15.9 Å². The van der Waals surface area contributed by atoms with Gasteiger partial charge in [0.1, 0.15) is 4.90 Å². The van der Waals surface area contributed by atoms with E-state index in [4.69, 9.17) is 9.92 Å². The van der Waals surface area contributed by atoms with E-state index >= 15 is 0 Å². The van der Waals surface area contributed by atoms with Crippen molar-refractivity contribution in [3.05, 3.63) is 58.1 Å². The summed E-state index contributed by atoms with van der Waals surface area (Å²) in [5.74, 6) is -0.859. The molecule has 2 N–H and O–H groups in total. The number of aryl methyl sites for hydroxylation is 1. The Bertz CT molecular complexity index is 802. The molecule has 2 rings (SSSR count). The summed E-state index contributed by atoms with van der Waals surface area (Å²) >= 11 is 3.18. The molecule has 0 bridgehead atoms. The smallest absolute Gasteiger partial charge is 0.340 e. The lowest BCUT2D eigenvalue weighted by Crippen LogP contribution is -2.16. The lowest BCUT2D eigenvalue weighted by atomic mass is 10.2. The molecule has 0 atom stereocenters. The van der Waals surface area contributed by atoms with Crippen LogP contribution in [0.5, 0.6) is 5.75 Å². The van der Waals surface area contributed by atoms with Gasteiger partial charge in [-0.25, -0.2) is 0 Å². The molecule has 2 aromatic carbocycles. The zero-order chi connectivity index (χ0) is 15.6. The van der Waals surface area contributed by atoms with Crippen molar-refractivity contribution in [1.29, 1.82) is 0 Å². The van der Waals surface area contributed by atoms with Crippen LogP contribution in [-0.2, 0) is 10.1 Å². The predicted octanol–water partition coefficient (Wildman–Crippen LogP) is 2.62. The first-order valence-electron chi connectivity index (χ1n) is 5.91. The van der Waals surface area contributed by atoms with E-state index < -0.39 is 16.0 Å². The van der Waals surface area contributed by atoms with Gasteiger partial charge in [-0.05, 0) is 52.7 Å². The third-order valence-electron chi connectivity index (χ3n) is 2.71. The van der Waals surface area contributed by atoms with E-state index in [2.05, 4.69) is 15.9 Å². The van der Waals surface area contributed by atoms with Crippen molar-refractivity contribution in [2.45, 2.75) is 11.8 Å². The van der Waals surface area contributed by atoms with Gasteiger partial charge in [-0.3, -0.25) is 4.79 Å². The Hall–Kier alpha value is -1.86. The molecule has 0 aliphatic rings. The second-order valence-corrected chi connectivity index (χ2v) is 6.70. The zero-order valence-electron chi connectivity index (χ0n) is 11.0. The molecule has 0 radical (unpaired) electrons. The number of rotatable bonds is 4. The molecule has 21 heavy (non-hydrogen) atoms. The number of hydrogen-bond donors (Lipinski definition) is 1. The number of nitrogens with two attached hydrogens (primary N) is 1. The topological polar surface area (TPSA) is 86.5 Å². The Morgan fingerprint density at radius 3 is 2.52 bits per heavy atom. The average Bonchev–Trinajstić information content (AvgIpc) is 2.41. The van der Waals surface area contributed by atoms with Gasteiger partial charge in [-0.15, -0.1) is 0 Å². The third-order valence-corrected chi connectivity index (χ3v) is 4.94. The highest BCUT2D eigenvalue weighted by Crippen LogP contribution is 2.27. The fourth-order valence-corrected chi connectivity index (χ4v) is 3.66. The molecule has 0 aliphatic heterocycles. The molecular weight excluding hydrogens is 358 g/mol. The standard InChI is InChI=1S/C14H12BrNO4S/c1-9-6-7-11(15)13(8-9)21(18,19)20-12-5-3-2-4-10(12)14(16)17/h2-8H,1H3,(H2,16,17). The van der Waals surface area contributed by atoms with Crippen molar-refractivity contribution in [3.8, 4) is 5.75 Å². The van der Waals surface area contributed by atoms with Crippen molar-refractivity contribution < 1.29 is 17.4 Å². The molecule has 0 saturated heterocycles. The quantitative estimate of drug-likeness (QED) is 0.839. The predicted molar refractivity (Wildman–Crippen MR) is 81.7 cm³/mol. The number of hydrogen-bond acceptors (Lipinski definition) is 4. The minimum Gasteiger partial charge on any atom is -0.378 e. The Balaban J connectivity index is 2.48. The lowest BCUT2D eigenvalue weighted by Gasteiger charge is -2.11. The molecule has 0 aliphatic carbocycles. The zero-order valence-corrected chi connectivity index (χ0v) is 13.4. The fraction of sp³-hybridized carbons (Fsp3) is 0.0714. The SMILES string of the molecule is Cc1ccc(Br)c(S(=O)(=O)Oc2ccccc2C(N)=O)c1. The van der Waals surface area contributed by atoms with Crippen molar-refractivity contribution in [2.75, 3.05) is 0 Å². The van der Waals surface area contributed by atoms with Crippen LogP contribution in [0.1, 0.15) is 15.9 Å². The molecule has 0 spiro atoms. The average molecular weight is 370 g/mol. The number of carbonyl (C=O) groups excluding carboxylic acids is 1. The summed E-state index contributed by atoms with van der Waals surface area (Å²) in [6.07, 6.45) is 0. The van der Waals surface area contributed by atoms with Crippen LogP contribution in [0.4, 0.5) is 0 Å². The molecule has 7 heteroatoms. The maximum atomic E-state index is 12.3. The van der Waals surface area contributed by atoms with E-state index in [1.54, 1.807) is 31.2 Å². The van der Waals surface area contributed by atoms with E-state index in [0.29, 0.717) is 4.47 Å². The summed E-state index contributed by atoms with van der Waals surface area (Å²) in [6.45, 7) is 1.77. The number of benzene rings is 2. The van der Waals surface area contributed by atoms with Crippen LogP contribution in [0.15, 0.2) is 51.8 Å². The molecular formula is C14H12BrNO4S. The first-order chi connectivity index (χ1) is 9.81. The van der Waals surface area contributed by atoms with Gasteiger partial charge in [0.2, 0.25) is 0 Å². The van der Waals surface area contributed by atoms with Crippen LogP contribution in [0.2, 0.25) is 0 Å². The maximum Gasteiger partial charge on any atom is 0.340 e. The van der Waals surface area contributed by atoms with Gasteiger partial charge in [-0.2, -0.15) is 8.42 Å². The second kappa shape index (κ2) is 5.87. The van der Waals surface area contributed by atoms with Gasteiger partial charge in [-0.1, -0.05) is 18.2 Å². The van der Waals surface area contributed by atoms with Gasteiger partial charge in [0.15, 0.2) is 5.75 Å². The molecule has 1 amide bonds. The van der Waals surface area contributed by atoms with Crippen molar-refractivity contribution in [2.24, 2.45) is 5.73 Å². The Morgan fingerprint density at radius 1 is 1.19 bits per heavy atom. The van der Waals surface area contributed by atoms with E-state index in [-0.39, 0.29) is 16.2 Å². The first-order valence-corrected chi connectivity index (χ1v) is 8.11. The van der Waals surface area contributed by atoms with Crippen LogP contribution in [0.25, 0.3) is 0 Å². The van der Waals surface area contributed by atoms with Crippen molar-refractivity contribution in [1.82, 2.24) is 0 Å². The molecule has 0 saturated carbocycles. The van der Waals surface area contributed by atoms with Crippen LogP contribution in [0, 0.1) is 6.92 Å². The number of carbonyl (C=O) groups is 1.